The van der Waals surface area contributed by atoms with Gasteiger partial charge in [-0.15, -0.1) is 0 Å². The second-order valence-electron chi connectivity index (χ2n) is 3.59. The fourth-order valence-electron chi connectivity index (χ4n) is 1.37. The number of benzene rings is 1. The van der Waals surface area contributed by atoms with Gasteiger partial charge in [0.15, 0.2) is 0 Å². The SMILES string of the molecule is CCCC(=O)Nc1ccc([N+](=O)[O-])cc1C(=O)O. The van der Waals surface area contributed by atoms with Crippen molar-refractivity contribution in [3.8, 4) is 0 Å². The van der Waals surface area contributed by atoms with Gasteiger partial charge >= 0.3 is 5.97 Å². The zero-order chi connectivity index (χ0) is 13.7. The Morgan fingerprint density at radius 1 is 1.44 bits per heavy atom. The van der Waals surface area contributed by atoms with Crippen LogP contribution in [-0.4, -0.2) is 21.9 Å². The van der Waals surface area contributed by atoms with Crippen LogP contribution in [0.1, 0.15) is 30.1 Å². The number of hydrogen-bond acceptors (Lipinski definition) is 4. The van der Waals surface area contributed by atoms with Crippen LogP contribution >= 0.6 is 0 Å². The van der Waals surface area contributed by atoms with E-state index in [4.69, 9.17) is 5.11 Å². The van der Waals surface area contributed by atoms with Crippen molar-refractivity contribution >= 4 is 23.3 Å². The average Bonchev–Trinajstić information content (AvgIpc) is 2.29. The van der Waals surface area contributed by atoms with E-state index in [1.165, 1.54) is 6.07 Å². The molecule has 1 aromatic rings. The number of carboxylic acids is 1. The molecule has 1 rings (SSSR count). The van der Waals surface area contributed by atoms with Crippen LogP contribution in [0.25, 0.3) is 0 Å². The van der Waals surface area contributed by atoms with Crippen molar-refractivity contribution in [1.29, 1.82) is 0 Å². The number of carboxylic acid groups (broad SMARTS) is 1. The first-order valence-electron chi connectivity index (χ1n) is 5.27. The van der Waals surface area contributed by atoms with Crippen molar-refractivity contribution in [1.82, 2.24) is 0 Å². The lowest BCUT2D eigenvalue weighted by atomic mass is 10.1. The van der Waals surface area contributed by atoms with Crippen molar-refractivity contribution in [3.05, 3.63) is 33.9 Å². The van der Waals surface area contributed by atoms with Gasteiger partial charge in [0, 0.05) is 18.6 Å². The maximum Gasteiger partial charge on any atom is 0.338 e. The van der Waals surface area contributed by atoms with Crippen molar-refractivity contribution in [2.24, 2.45) is 0 Å². The van der Waals surface area contributed by atoms with E-state index in [0.29, 0.717) is 6.42 Å². The van der Waals surface area contributed by atoms with Crippen LogP contribution in [0, 0.1) is 10.1 Å². The maximum atomic E-state index is 11.4. The Bertz CT molecular complexity index is 498. The highest BCUT2D eigenvalue weighted by atomic mass is 16.6. The molecular weight excluding hydrogens is 240 g/mol. The minimum absolute atomic E-state index is 0.0616. The Kier molecular flexibility index (Phi) is 4.36. The first-order chi connectivity index (χ1) is 8.45. The largest absolute Gasteiger partial charge is 0.478 e. The normalized spacial score (nSPS) is 9.83. The summed E-state index contributed by atoms with van der Waals surface area (Å²) in [7, 11) is 0. The molecule has 7 nitrogen and oxygen atoms in total. The highest BCUT2D eigenvalue weighted by Crippen LogP contribution is 2.22. The molecule has 0 atom stereocenters. The van der Waals surface area contributed by atoms with E-state index in [1.807, 2.05) is 6.92 Å². The molecular formula is C11H12N2O5. The van der Waals surface area contributed by atoms with E-state index in [1.54, 1.807) is 0 Å². The highest BCUT2D eigenvalue weighted by Gasteiger charge is 2.17. The fourth-order valence-corrected chi connectivity index (χ4v) is 1.37. The number of non-ortho nitro benzene ring substituents is 1. The van der Waals surface area contributed by atoms with Gasteiger partial charge in [0.2, 0.25) is 5.91 Å². The molecule has 0 radical (unpaired) electrons. The number of nitrogens with one attached hydrogen (secondary N) is 1. The van der Waals surface area contributed by atoms with E-state index in [-0.39, 0.29) is 29.3 Å². The quantitative estimate of drug-likeness (QED) is 0.615. The van der Waals surface area contributed by atoms with E-state index >= 15 is 0 Å². The highest BCUT2D eigenvalue weighted by molar-refractivity contribution is 6.01. The summed E-state index contributed by atoms with van der Waals surface area (Å²) in [4.78, 5) is 32.2. The molecule has 0 unspecified atom stereocenters. The molecule has 2 N–H and O–H groups in total. The summed E-state index contributed by atoms with van der Waals surface area (Å²) in [6, 6.07) is 3.28. The predicted molar refractivity (Wildman–Crippen MR) is 63.6 cm³/mol. The minimum atomic E-state index is -1.33. The molecule has 0 aliphatic heterocycles. The molecule has 96 valence electrons. The van der Waals surface area contributed by atoms with E-state index in [0.717, 1.165) is 12.1 Å². The monoisotopic (exact) mass is 252 g/mol. The summed E-state index contributed by atoms with van der Waals surface area (Å²) in [5, 5.41) is 21.9. The number of aromatic carboxylic acids is 1. The average molecular weight is 252 g/mol. The summed E-state index contributed by atoms with van der Waals surface area (Å²) in [6.45, 7) is 1.81. The van der Waals surface area contributed by atoms with Gasteiger partial charge < -0.3 is 10.4 Å². The third-order valence-electron chi connectivity index (χ3n) is 2.20. The Balaban J connectivity index is 3.08. The number of nitro benzene ring substituents is 1. The molecule has 0 aliphatic carbocycles. The van der Waals surface area contributed by atoms with Gasteiger partial charge in [-0.25, -0.2) is 4.79 Å². The molecule has 0 saturated carbocycles. The number of nitrogens with zero attached hydrogens (tertiary/aromatic N) is 1. The fraction of sp³-hybridized carbons (Fsp3) is 0.273. The zero-order valence-electron chi connectivity index (χ0n) is 9.67. The first kappa shape index (κ1) is 13.6. The third-order valence-corrected chi connectivity index (χ3v) is 2.20. The lowest BCUT2D eigenvalue weighted by Gasteiger charge is -2.07. The van der Waals surface area contributed by atoms with E-state index < -0.39 is 10.9 Å². The summed E-state index contributed by atoms with van der Waals surface area (Å²) in [6.07, 6.45) is 0.886. The van der Waals surface area contributed by atoms with Crippen LogP contribution in [0.5, 0.6) is 0 Å². The van der Waals surface area contributed by atoms with Gasteiger partial charge in [-0.3, -0.25) is 14.9 Å². The van der Waals surface area contributed by atoms with Gasteiger partial charge in [-0.1, -0.05) is 6.92 Å². The lowest BCUT2D eigenvalue weighted by Crippen LogP contribution is -2.14. The Hall–Kier alpha value is -2.44. The molecule has 1 amide bonds. The van der Waals surface area contributed by atoms with Gasteiger partial charge in [0.25, 0.3) is 5.69 Å². The first-order valence-corrected chi connectivity index (χ1v) is 5.27. The number of carbonyl (C=O) groups excluding carboxylic acids is 1. The third kappa shape index (κ3) is 3.27. The number of amides is 1. The minimum Gasteiger partial charge on any atom is -0.478 e. The molecule has 0 saturated heterocycles. The molecule has 0 bridgehead atoms. The van der Waals surface area contributed by atoms with Crippen LogP contribution in [0.2, 0.25) is 0 Å². The standard InChI is InChI=1S/C11H12N2O5/c1-2-3-10(14)12-9-5-4-7(13(17)18)6-8(9)11(15)16/h4-6H,2-3H2,1H3,(H,12,14)(H,15,16). The molecule has 0 aromatic heterocycles. The summed E-state index contributed by atoms with van der Waals surface area (Å²) >= 11 is 0. The summed E-state index contributed by atoms with van der Waals surface area (Å²) in [5.74, 6) is -1.65. The molecule has 7 heteroatoms. The molecule has 1 aromatic carbocycles. The smallest absolute Gasteiger partial charge is 0.338 e. The van der Waals surface area contributed by atoms with Gasteiger partial charge in [-0.05, 0) is 12.5 Å². The predicted octanol–water partition coefficient (Wildman–Crippen LogP) is 2.03. The van der Waals surface area contributed by atoms with Crippen molar-refractivity contribution in [2.75, 3.05) is 5.32 Å². The molecule has 0 fully saturated rings. The second kappa shape index (κ2) is 5.76. The Morgan fingerprint density at radius 2 is 2.11 bits per heavy atom. The van der Waals surface area contributed by atoms with Crippen molar-refractivity contribution in [3.63, 3.8) is 0 Å². The Morgan fingerprint density at radius 3 is 2.61 bits per heavy atom. The molecule has 18 heavy (non-hydrogen) atoms. The van der Waals surface area contributed by atoms with Crippen LogP contribution in [0.4, 0.5) is 11.4 Å². The summed E-state index contributed by atoms with van der Waals surface area (Å²) < 4.78 is 0. The number of carbonyl (C=O) groups is 2. The number of nitro groups is 1. The van der Waals surface area contributed by atoms with Gasteiger partial charge in [0.05, 0.1) is 16.2 Å². The summed E-state index contributed by atoms with van der Waals surface area (Å²) in [5.41, 5.74) is -0.568. The maximum absolute atomic E-state index is 11.4. The van der Waals surface area contributed by atoms with E-state index in [9.17, 15) is 19.7 Å². The molecule has 0 heterocycles. The second-order valence-corrected chi connectivity index (χ2v) is 3.59. The zero-order valence-corrected chi connectivity index (χ0v) is 9.67. The topological polar surface area (TPSA) is 110 Å². The van der Waals surface area contributed by atoms with Crippen LogP contribution < -0.4 is 5.32 Å². The van der Waals surface area contributed by atoms with Gasteiger partial charge in [-0.2, -0.15) is 0 Å². The van der Waals surface area contributed by atoms with Crippen molar-refractivity contribution < 1.29 is 19.6 Å². The van der Waals surface area contributed by atoms with Crippen LogP contribution in [-0.2, 0) is 4.79 Å². The van der Waals surface area contributed by atoms with Gasteiger partial charge in [0.1, 0.15) is 0 Å². The van der Waals surface area contributed by atoms with Crippen molar-refractivity contribution in [2.45, 2.75) is 19.8 Å². The molecule has 0 aliphatic rings. The number of rotatable bonds is 5. The number of anilines is 1. The Labute approximate surface area is 103 Å². The number of hydrogen-bond donors (Lipinski definition) is 2. The van der Waals surface area contributed by atoms with E-state index in [2.05, 4.69) is 5.32 Å². The van der Waals surface area contributed by atoms with Crippen LogP contribution in [0.3, 0.4) is 0 Å². The lowest BCUT2D eigenvalue weighted by molar-refractivity contribution is -0.384. The van der Waals surface area contributed by atoms with Crippen LogP contribution in [0.15, 0.2) is 18.2 Å². The molecule has 0 spiro atoms.